The molecular formula is C8H15N3O3S. The average Bonchev–Trinajstić information content (AvgIpc) is 2.71. The Labute approximate surface area is 92.2 Å². The first-order valence-corrected chi connectivity index (χ1v) is 5.65. The molecule has 0 aliphatic carbocycles. The second kappa shape index (κ2) is 6.78. The summed E-state index contributed by atoms with van der Waals surface area (Å²) in [6.45, 7) is 3.03. The maximum atomic E-state index is 9.45. The number of rotatable bonds is 7. The summed E-state index contributed by atoms with van der Waals surface area (Å²) in [5, 5.41) is 17.3. The van der Waals surface area contributed by atoms with Crippen LogP contribution in [-0.2, 0) is 11.3 Å². The molecule has 15 heavy (non-hydrogen) atoms. The van der Waals surface area contributed by atoms with Gasteiger partial charge in [-0.1, -0.05) is 11.8 Å². The molecule has 3 N–H and O–H groups in total. The van der Waals surface area contributed by atoms with Gasteiger partial charge >= 0.3 is 0 Å². The van der Waals surface area contributed by atoms with Crippen LogP contribution >= 0.6 is 11.8 Å². The predicted molar refractivity (Wildman–Crippen MR) is 55.4 cm³/mol. The first kappa shape index (κ1) is 12.4. The van der Waals surface area contributed by atoms with Crippen LogP contribution in [0, 0.1) is 0 Å². The van der Waals surface area contributed by atoms with E-state index in [4.69, 9.17) is 14.9 Å². The van der Waals surface area contributed by atoms with Gasteiger partial charge in [-0.25, -0.2) is 0 Å². The Kier molecular flexibility index (Phi) is 5.62. The highest BCUT2D eigenvalue weighted by atomic mass is 32.2. The molecule has 1 rings (SSSR count). The van der Waals surface area contributed by atoms with E-state index < -0.39 is 6.10 Å². The average molecular weight is 233 g/mol. The molecule has 0 fully saturated rings. The van der Waals surface area contributed by atoms with Gasteiger partial charge in [0.05, 0.1) is 19.3 Å². The van der Waals surface area contributed by atoms with Gasteiger partial charge in [0.1, 0.15) is 0 Å². The number of hydrogen-bond donors (Lipinski definition) is 2. The molecular weight excluding hydrogens is 218 g/mol. The van der Waals surface area contributed by atoms with Crippen LogP contribution in [0.5, 0.6) is 0 Å². The molecule has 86 valence electrons. The second-order valence-electron chi connectivity index (χ2n) is 2.79. The Morgan fingerprint density at radius 3 is 3.00 bits per heavy atom. The molecule has 1 atom stereocenters. The van der Waals surface area contributed by atoms with Crippen LogP contribution in [0.4, 0.5) is 0 Å². The van der Waals surface area contributed by atoms with E-state index >= 15 is 0 Å². The standard InChI is InChI=1S/C8H15N3O3S/c1-2-13-4-6(12)5-15-8-11-10-7(3-9)14-8/h6,12H,2-5,9H2,1H3. The fraction of sp³-hybridized carbons (Fsp3) is 0.750. The summed E-state index contributed by atoms with van der Waals surface area (Å²) in [5.41, 5.74) is 5.31. The number of ether oxygens (including phenoxy) is 1. The molecule has 1 unspecified atom stereocenters. The zero-order valence-electron chi connectivity index (χ0n) is 8.55. The normalized spacial score (nSPS) is 13.0. The third kappa shape index (κ3) is 4.61. The van der Waals surface area contributed by atoms with Gasteiger partial charge in [0.2, 0.25) is 5.89 Å². The minimum atomic E-state index is -0.525. The summed E-state index contributed by atoms with van der Waals surface area (Å²) >= 11 is 1.29. The van der Waals surface area contributed by atoms with Crippen LogP contribution in [0.3, 0.4) is 0 Å². The largest absolute Gasteiger partial charge is 0.415 e. The van der Waals surface area contributed by atoms with Crippen molar-refractivity contribution in [3.63, 3.8) is 0 Å². The Bertz CT molecular complexity index is 282. The van der Waals surface area contributed by atoms with E-state index in [1.165, 1.54) is 11.8 Å². The predicted octanol–water partition coefficient (Wildman–Crippen LogP) is 0.0178. The van der Waals surface area contributed by atoms with Crippen LogP contribution < -0.4 is 5.73 Å². The maximum absolute atomic E-state index is 9.45. The van der Waals surface area contributed by atoms with Gasteiger partial charge in [0.25, 0.3) is 5.22 Å². The summed E-state index contributed by atoms with van der Waals surface area (Å²) in [6.07, 6.45) is -0.525. The lowest BCUT2D eigenvalue weighted by atomic mass is 10.4. The topological polar surface area (TPSA) is 94.4 Å². The van der Waals surface area contributed by atoms with E-state index in [9.17, 15) is 5.11 Å². The molecule has 7 heteroatoms. The lowest BCUT2D eigenvalue weighted by Gasteiger charge is -2.07. The van der Waals surface area contributed by atoms with Crippen molar-refractivity contribution < 1.29 is 14.3 Å². The van der Waals surface area contributed by atoms with Crippen molar-refractivity contribution in [1.82, 2.24) is 10.2 Å². The first-order chi connectivity index (χ1) is 7.26. The fourth-order valence-corrected chi connectivity index (χ4v) is 1.53. The molecule has 0 radical (unpaired) electrons. The summed E-state index contributed by atoms with van der Waals surface area (Å²) < 4.78 is 10.2. The summed E-state index contributed by atoms with van der Waals surface area (Å²) in [7, 11) is 0. The van der Waals surface area contributed by atoms with E-state index in [0.29, 0.717) is 30.1 Å². The molecule has 0 aromatic carbocycles. The molecule has 0 aliphatic rings. The fourth-order valence-electron chi connectivity index (χ4n) is 0.849. The Morgan fingerprint density at radius 1 is 1.60 bits per heavy atom. The molecule has 0 spiro atoms. The van der Waals surface area contributed by atoms with Crippen LogP contribution in [0.1, 0.15) is 12.8 Å². The van der Waals surface area contributed by atoms with Crippen molar-refractivity contribution in [2.75, 3.05) is 19.0 Å². The van der Waals surface area contributed by atoms with E-state index in [0.717, 1.165) is 0 Å². The van der Waals surface area contributed by atoms with E-state index in [1.807, 2.05) is 6.92 Å². The number of hydrogen-bond acceptors (Lipinski definition) is 7. The van der Waals surface area contributed by atoms with Gasteiger partial charge in [0, 0.05) is 12.4 Å². The van der Waals surface area contributed by atoms with Gasteiger partial charge in [0.15, 0.2) is 0 Å². The lowest BCUT2D eigenvalue weighted by molar-refractivity contribution is 0.0550. The Balaban J connectivity index is 2.24. The first-order valence-electron chi connectivity index (χ1n) is 4.67. The molecule has 1 aromatic heterocycles. The number of thioether (sulfide) groups is 1. The highest BCUT2D eigenvalue weighted by Crippen LogP contribution is 2.16. The third-order valence-corrected chi connectivity index (χ3v) is 2.50. The highest BCUT2D eigenvalue weighted by molar-refractivity contribution is 7.99. The molecule has 0 aliphatic heterocycles. The van der Waals surface area contributed by atoms with Crippen molar-refractivity contribution in [1.29, 1.82) is 0 Å². The Hall–Kier alpha value is -0.630. The quantitative estimate of drug-likeness (QED) is 0.641. The maximum Gasteiger partial charge on any atom is 0.276 e. The highest BCUT2D eigenvalue weighted by Gasteiger charge is 2.09. The van der Waals surface area contributed by atoms with Crippen molar-refractivity contribution in [3.05, 3.63) is 5.89 Å². The van der Waals surface area contributed by atoms with E-state index in [-0.39, 0.29) is 6.54 Å². The number of aliphatic hydroxyl groups is 1. The zero-order valence-corrected chi connectivity index (χ0v) is 9.37. The van der Waals surface area contributed by atoms with Crippen molar-refractivity contribution in [2.45, 2.75) is 24.8 Å². The monoisotopic (exact) mass is 233 g/mol. The minimum absolute atomic E-state index is 0.231. The number of aliphatic hydroxyl groups excluding tert-OH is 1. The van der Waals surface area contributed by atoms with Crippen LogP contribution in [0.2, 0.25) is 0 Å². The van der Waals surface area contributed by atoms with Crippen molar-refractivity contribution >= 4 is 11.8 Å². The van der Waals surface area contributed by atoms with Gasteiger partial charge in [-0.3, -0.25) is 0 Å². The van der Waals surface area contributed by atoms with Gasteiger partial charge in [-0.15, -0.1) is 10.2 Å². The number of nitrogens with zero attached hydrogens (tertiary/aromatic N) is 2. The molecule has 1 heterocycles. The number of nitrogens with two attached hydrogens (primary N) is 1. The second-order valence-corrected chi connectivity index (χ2v) is 3.76. The SMILES string of the molecule is CCOCC(O)CSc1nnc(CN)o1. The third-order valence-electron chi connectivity index (χ3n) is 1.54. The van der Waals surface area contributed by atoms with Gasteiger partial charge in [-0.2, -0.15) is 0 Å². The van der Waals surface area contributed by atoms with Gasteiger partial charge in [-0.05, 0) is 6.92 Å². The summed E-state index contributed by atoms with van der Waals surface area (Å²) in [4.78, 5) is 0. The van der Waals surface area contributed by atoms with E-state index in [2.05, 4.69) is 10.2 Å². The number of aromatic nitrogens is 2. The zero-order chi connectivity index (χ0) is 11.1. The molecule has 0 amide bonds. The van der Waals surface area contributed by atoms with Crippen LogP contribution in [-0.4, -0.2) is 40.4 Å². The lowest BCUT2D eigenvalue weighted by Crippen LogP contribution is -2.17. The van der Waals surface area contributed by atoms with Crippen LogP contribution in [0.25, 0.3) is 0 Å². The molecule has 0 saturated carbocycles. The molecule has 1 aromatic rings. The summed E-state index contributed by atoms with van der Waals surface area (Å²) in [5.74, 6) is 0.864. The van der Waals surface area contributed by atoms with Crippen molar-refractivity contribution in [2.24, 2.45) is 5.73 Å². The summed E-state index contributed by atoms with van der Waals surface area (Å²) in [6, 6.07) is 0. The molecule has 6 nitrogen and oxygen atoms in total. The Morgan fingerprint density at radius 2 is 2.40 bits per heavy atom. The molecule has 0 bridgehead atoms. The molecule has 0 saturated heterocycles. The van der Waals surface area contributed by atoms with Crippen LogP contribution in [0.15, 0.2) is 9.64 Å². The van der Waals surface area contributed by atoms with Crippen molar-refractivity contribution in [3.8, 4) is 0 Å². The smallest absolute Gasteiger partial charge is 0.276 e. The van der Waals surface area contributed by atoms with Gasteiger partial charge < -0.3 is 20.0 Å². The van der Waals surface area contributed by atoms with E-state index in [1.54, 1.807) is 0 Å². The minimum Gasteiger partial charge on any atom is -0.415 e.